The summed E-state index contributed by atoms with van der Waals surface area (Å²) in [5, 5.41) is 7.97. The Hall–Kier alpha value is -1.28. The van der Waals surface area contributed by atoms with Crippen molar-refractivity contribution >= 4 is 11.6 Å². The highest BCUT2D eigenvalue weighted by Crippen LogP contribution is 2.31. The molecule has 0 aliphatic rings. The van der Waals surface area contributed by atoms with Crippen LogP contribution < -0.4 is 0 Å². The highest BCUT2D eigenvalue weighted by Gasteiger charge is 2.14. The molecule has 0 saturated heterocycles. The summed E-state index contributed by atoms with van der Waals surface area (Å²) in [6.45, 7) is 4.18. The predicted octanol–water partition coefficient (Wildman–Crippen LogP) is 3.85. The summed E-state index contributed by atoms with van der Waals surface area (Å²) in [6.07, 6.45) is 0. The molecular weight excluding hydrogens is 208 g/mol. The molecule has 1 aromatic heterocycles. The number of aromatic amines is 1. The maximum Gasteiger partial charge on any atom is 0.111 e. The van der Waals surface area contributed by atoms with Gasteiger partial charge < -0.3 is 0 Å². The molecule has 0 unspecified atom stereocenters. The molecule has 78 valence electrons. The van der Waals surface area contributed by atoms with Gasteiger partial charge in [0.15, 0.2) is 0 Å². The number of halogens is 1. The average molecular weight is 221 g/mol. The maximum absolute atomic E-state index is 6.26. The lowest BCUT2D eigenvalue weighted by Gasteiger charge is -2.01. The molecule has 0 amide bonds. The summed E-state index contributed by atoms with van der Waals surface area (Å²) in [7, 11) is 0. The number of H-pyrrole nitrogens is 1. The van der Waals surface area contributed by atoms with E-state index in [9.17, 15) is 0 Å². The Bertz CT molecular complexity index is 446. The van der Waals surface area contributed by atoms with Crippen molar-refractivity contribution in [3.05, 3.63) is 41.0 Å². The van der Waals surface area contributed by atoms with Gasteiger partial charge in [-0.05, 0) is 5.92 Å². The van der Waals surface area contributed by atoms with Crippen LogP contribution in [0.5, 0.6) is 0 Å². The van der Waals surface area contributed by atoms with Crippen LogP contribution in [0, 0.1) is 0 Å². The topological polar surface area (TPSA) is 28.7 Å². The number of benzene rings is 1. The predicted molar refractivity (Wildman–Crippen MR) is 63.1 cm³/mol. The Kier molecular flexibility index (Phi) is 2.78. The molecule has 0 spiro atoms. The van der Waals surface area contributed by atoms with E-state index in [1.54, 1.807) is 0 Å². The molecule has 0 aliphatic carbocycles. The molecule has 2 aromatic rings. The van der Waals surface area contributed by atoms with Crippen LogP contribution in [0.4, 0.5) is 0 Å². The lowest BCUT2D eigenvalue weighted by atomic mass is 10.1. The summed E-state index contributed by atoms with van der Waals surface area (Å²) in [5.41, 5.74) is 2.88. The normalized spacial score (nSPS) is 10.9. The van der Waals surface area contributed by atoms with Gasteiger partial charge in [-0.15, -0.1) is 0 Å². The maximum atomic E-state index is 6.26. The van der Waals surface area contributed by atoms with E-state index in [-0.39, 0.29) is 0 Å². The van der Waals surface area contributed by atoms with E-state index in [1.165, 1.54) is 0 Å². The fraction of sp³-hybridized carbons (Fsp3) is 0.250. The van der Waals surface area contributed by atoms with E-state index in [1.807, 2.05) is 30.3 Å². The zero-order chi connectivity index (χ0) is 10.8. The van der Waals surface area contributed by atoms with Crippen LogP contribution in [0.3, 0.4) is 0 Å². The van der Waals surface area contributed by atoms with Gasteiger partial charge in [0.2, 0.25) is 0 Å². The lowest BCUT2D eigenvalue weighted by molar-refractivity contribution is 0.811. The third-order valence-corrected chi connectivity index (χ3v) is 2.74. The zero-order valence-electron chi connectivity index (χ0n) is 8.79. The van der Waals surface area contributed by atoms with Crippen molar-refractivity contribution in [2.45, 2.75) is 19.8 Å². The SMILES string of the molecule is CC(C)c1[nH]nc(-c2ccccc2)c1Cl. The van der Waals surface area contributed by atoms with Gasteiger partial charge in [-0.1, -0.05) is 55.8 Å². The standard InChI is InChI=1S/C12H13ClN2/c1-8(2)11-10(13)12(15-14-11)9-6-4-3-5-7-9/h3-8H,1-2H3,(H,14,15). The molecule has 0 atom stereocenters. The highest BCUT2D eigenvalue weighted by atomic mass is 35.5. The van der Waals surface area contributed by atoms with Gasteiger partial charge in [-0.2, -0.15) is 5.10 Å². The molecule has 0 radical (unpaired) electrons. The number of hydrogen-bond donors (Lipinski definition) is 1. The van der Waals surface area contributed by atoms with Crippen LogP contribution in [-0.4, -0.2) is 10.2 Å². The summed E-state index contributed by atoms with van der Waals surface area (Å²) in [4.78, 5) is 0. The van der Waals surface area contributed by atoms with E-state index in [2.05, 4.69) is 24.0 Å². The summed E-state index contributed by atoms with van der Waals surface area (Å²) >= 11 is 6.26. The Balaban J connectivity index is 2.47. The second kappa shape index (κ2) is 4.07. The first-order valence-electron chi connectivity index (χ1n) is 4.99. The number of hydrogen-bond acceptors (Lipinski definition) is 1. The van der Waals surface area contributed by atoms with Crippen LogP contribution in [0.1, 0.15) is 25.5 Å². The van der Waals surface area contributed by atoms with Crippen LogP contribution in [0.2, 0.25) is 5.02 Å². The molecule has 15 heavy (non-hydrogen) atoms. The van der Waals surface area contributed by atoms with E-state index < -0.39 is 0 Å². The Morgan fingerprint density at radius 2 is 1.87 bits per heavy atom. The van der Waals surface area contributed by atoms with Crippen LogP contribution in [0.15, 0.2) is 30.3 Å². The van der Waals surface area contributed by atoms with Gasteiger partial charge in [0.05, 0.1) is 10.7 Å². The fourth-order valence-electron chi connectivity index (χ4n) is 1.51. The van der Waals surface area contributed by atoms with Crippen molar-refractivity contribution in [1.29, 1.82) is 0 Å². The third kappa shape index (κ3) is 1.90. The van der Waals surface area contributed by atoms with Gasteiger partial charge in [0.25, 0.3) is 0 Å². The Morgan fingerprint density at radius 1 is 1.20 bits per heavy atom. The van der Waals surface area contributed by atoms with Gasteiger partial charge in [-0.3, -0.25) is 5.10 Å². The first-order chi connectivity index (χ1) is 7.20. The number of rotatable bonds is 2. The third-order valence-electron chi connectivity index (χ3n) is 2.36. The van der Waals surface area contributed by atoms with Gasteiger partial charge in [-0.25, -0.2) is 0 Å². The summed E-state index contributed by atoms with van der Waals surface area (Å²) in [6, 6.07) is 9.95. The Morgan fingerprint density at radius 3 is 2.40 bits per heavy atom. The van der Waals surface area contributed by atoms with Crippen LogP contribution in [-0.2, 0) is 0 Å². The largest absolute Gasteiger partial charge is 0.280 e. The number of nitrogens with zero attached hydrogens (tertiary/aromatic N) is 1. The second-order valence-corrected chi connectivity index (χ2v) is 4.20. The second-order valence-electron chi connectivity index (χ2n) is 3.82. The van der Waals surface area contributed by atoms with E-state index in [0.717, 1.165) is 22.0 Å². The van der Waals surface area contributed by atoms with Gasteiger partial charge in [0, 0.05) is 5.56 Å². The van der Waals surface area contributed by atoms with Crippen molar-refractivity contribution in [3.8, 4) is 11.3 Å². The molecule has 1 aromatic carbocycles. The first-order valence-corrected chi connectivity index (χ1v) is 5.37. The smallest absolute Gasteiger partial charge is 0.111 e. The minimum Gasteiger partial charge on any atom is -0.280 e. The molecule has 0 aliphatic heterocycles. The molecule has 2 rings (SSSR count). The molecule has 0 saturated carbocycles. The molecule has 2 nitrogen and oxygen atoms in total. The van der Waals surface area contributed by atoms with E-state index in [0.29, 0.717) is 5.92 Å². The van der Waals surface area contributed by atoms with Crippen molar-refractivity contribution in [2.24, 2.45) is 0 Å². The molecule has 0 fully saturated rings. The molecule has 0 bridgehead atoms. The lowest BCUT2D eigenvalue weighted by Crippen LogP contribution is -1.87. The van der Waals surface area contributed by atoms with Crippen LogP contribution in [0.25, 0.3) is 11.3 Å². The highest BCUT2D eigenvalue weighted by molar-refractivity contribution is 6.33. The molecule has 3 heteroatoms. The van der Waals surface area contributed by atoms with E-state index >= 15 is 0 Å². The van der Waals surface area contributed by atoms with E-state index in [4.69, 9.17) is 11.6 Å². The first kappa shape index (κ1) is 10.2. The zero-order valence-corrected chi connectivity index (χ0v) is 9.55. The van der Waals surface area contributed by atoms with Crippen LogP contribution >= 0.6 is 11.6 Å². The fourth-order valence-corrected chi connectivity index (χ4v) is 1.92. The Labute approximate surface area is 94.3 Å². The van der Waals surface area contributed by atoms with Gasteiger partial charge >= 0.3 is 0 Å². The number of nitrogens with one attached hydrogen (secondary N) is 1. The molecular formula is C12H13ClN2. The molecule has 1 N–H and O–H groups in total. The number of aromatic nitrogens is 2. The van der Waals surface area contributed by atoms with Crippen molar-refractivity contribution < 1.29 is 0 Å². The van der Waals surface area contributed by atoms with Gasteiger partial charge in [0.1, 0.15) is 5.69 Å². The quantitative estimate of drug-likeness (QED) is 0.818. The average Bonchev–Trinajstić information content (AvgIpc) is 2.61. The minimum atomic E-state index is 0.363. The summed E-state index contributed by atoms with van der Waals surface area (Å²) < 4.78 is 0. The van der Waals surface area contributed by atoms with Crippen molar-refractivity contribution in [3.63, 3.8) is 0 Å². The minimum absolute atomic E-state index is 0.363. The molecule has 1 heterocycles. The van der Waals surface area contributed by atoms with Crippen molar-refractivity contribution in [2.75, 3.05) is 0 Å². The summed E-state index contributed by atoms with van der Waals surface area (Å²) in [5.74, 6) is 0.363. The monoisotopic (exact) mass is 220 g/mol. The van der Waals surface area contributed by atoms with Crippen molar-refractivity contribution in [1.82, 2.24) is 10.2 Å².